The summed E-state index contributed by atoms with van der Waals surface area (Å²) in [5.41, 5.74) is 1.82. The molecule has 2 aromatic carbocycles. The highest BCUT2D eigenvalue weighted by Gasteiger charge is 2.29. The van der Waals surface area contributed by atoms with Crippen LogP contribution in [0.2, 0.25) is 10.0 Å². The van der Waals surface area contributed by atoms with Crippen LogP contribution in [0.5, 0.6) is 0 Å². The third-order valence-electron chi connectivity index (χ3n) is 5.96. The number of anilines is 1. The van der Waals surface area contributed by atoms with Crippen molar-refractivity contribution in [3.8, 4) is 5.82 Å². The van der Waals surface area contributed by atoms with Gasteiger partial charge in [0.1, 0.15) is 6.54 Å². The number of carbonyl (C=O) groups is 1. The second-order valence-corrected chi connectivity index (χ2v) is 11.6. The molecule has 0 saturated carbocycles. The monoisotopic (exact) mass is 590 g/mol. The lowest BCUT2D eigenvalue weighted by atomic mass is 10.2. The summed E-state index contributed by atoms with van der Waals surface area (Å²) in [7, 11) is -4.23. The van der Waals surface area contributed by atoms with Gasteiger partial charge >= 0.3 is 5.97 Å². The molecule has 206 valence electrons. The molecule has 2 aromatic heterocycles. The molecule has 0 saturated heterocycles. The number of carbonyl (C=O) groups excluding carboxylic acids is 1. The largest absolute Gasteiger partial charge is 0.464 e. The SMILES string of the molecule is CCCCOC(=O)CN(c1ccc2c(ccn2-c2ccc(CCCO)nn2)c1)S(=O)(=O)c1cc(Cl)cc(Cl)c1. The maximum absolute atomic E-state index is 13.7. The van der Waals surface area contributed by atoms with Crippen LogP contribution in [0, 0.1) is 0 Å². The van der Waals surface area contributed by atoms with Crippen LogP contribution in [0.15, 0.2) is 65.7 Å². The average molecular weight is 592 g/mol. The Morgan fingerprint density at radius 2 is 1.79 bits per heavy atom. The Balaban J connectivity index is 1.70. The minimum atomic E-state index is -4.23. The molecule has 0 radical (unpaired) electrons. The fourth-order valence-electron chi connectivity index (χ4n) is 3.97. The van der Waals surface area contributed by atoms with E-state index in [-0.39, 0.29) is 33.8 Å². The molecular weight excluding hydrogens is 563 g/mol. The Bertz CT molecular complexity index is 1540. The molecule has 0 atom stereocenters. The van der Waals surface area contributed by atoms with Gasteiger partial charge in [0.2, 0.25) is 0 Å². The zero-order valence-electron chi connectivity index (χ0n) is 21.3. The molecule has 0 unspecified atom stereocenters. The van der Waals surface area contributed by atoms with Crippen molar-refractivity contribution in [1.82, 2.24) is 14.8 Å². The van der Waals surface area contributed by atoms with E-state index >= 15 is 0 Å². The predicted octanol–water partition coefficient (Wildman–Crippen LogP) is 5.19. The second kappa shape index (κ2) is 12.8. The molecular formula is C27H28Cl2N4O5S. The number of benzene rings is 2. The number of aryl methyl sites for hydroxylation is 1. The number of aromatic nitrogens is 3. The standard InChI is InChI=1S/C27H28Cl2N4O5S/c1-2-3-13-38-27(35)18-33(39(36,37)24-16-20(28)15-21(29)17-24)23-7-8-25-19(14-23)10-11-32(25)26-9-6-22(30-31-26)5-4-12-34/h6-11,14-17,34H,2-5,12-13,18H2,1H3. The number of ether oxygens (including phenoxy) is 1. The van der Waals surface area contributed by atoms with Gasteiger partial charge in [-0.25, -0.2) is 8.42 Å². The number of unbranched alkanes of at least 4 members (excludes halogenated alkanes) is 1. The second-order valence-electron chi connectivity index (χ2n) is 8.83. The first kappa shape index (κ1) is 28.8. The third kappa shape index (κ3) is 6.88. The van der Waals surface area contributed by atoms with Crippen LogP contribution < -0.4 is 4.31 Å². The van der Waals surface area contributed by atoms with E-state index in [0.29, 0.717) is 25.1 Å². The number of aliphatic hydroxyl groups is 1. The van der Waals surface area contributed by atoms with Crippen molar-refractivity contribution >= 4 is 55.8 Å². The summed E-state index contributed by atoms with van der Waals surface area (Å²) < 4.78 is 35.6. The fourth-order valence-corrected chi connectivity index (χ4v) is 6.10. The normalized spacial score (nSPS) is 11.6. The van der Waals surface area contributed by atoms with Gasteiger partial charge in [-0.2, -0.15) is 5.10 Å². The summed E-state index contributed by atoms with van der Waals surface area (Å²) >= 11 is 12.2. The van der Waals surface area contributed by atoms with Gasteiger partial charge in [-0.05, 0) is 73.9 Å². The van der Waals surface area contributed by atoms with Gasteiger partial charge in [-0.15, -0.1) is 5.10 Å². The van der Waals surface area contributed by atoms with Crippen LogP contribution >= 0.6 is 23.2 Å². The van der Waals surface area contributed by atoms with Crippen LogP contribution in [-0.2, 0) is 26.0 Å². The van der Waals surface area contributed by atoms with Gasteiger partial charge in [0.25, 0.3) is 10.0 Å². The maximum atomic E-state index is 13.7. The van der Waals surface area contributed by atoms with Gasteiger partial charge in [-0.1, -0.05) is 36.5 Å². The molecule has 0 aliphatic rings. The first-order valence-electron chi connectivity index (χ1n) is 12.4. The first-order valence-corrected chi connectivity index (χ1v) is 14.6. The Morgan fingerprint density at radius 3 is 2.46 bits per heavy atom. The number of esters is 1. The van der Waals surface area contributed by atoms with Crippen molar-refractivity contribution in [2.75, 3.05) is 24.1 Å². The van der Waals surface area contributed by atoms with Gasteiger partial charge in [-0.3, -0.25) is 13.7 Å². The summed E-state index contributed by atoms with van der Waals surface area (Å²) in [6.45, 7) is 1.73. The Kier molecular flexibility index (Phi) is 9.45. The van der Waals surface area contributed by atoms with Gasteiger partial charge in [0.05, 0.1) is 28.4 Å². The number of hydrogen-bond acceptors (Lipinski definition) is 7. The average Bonchev–Trinajstić information content (AvgIpc) is 3.33. The minimum absolute atomic E-state index is 0.0849. The highest BCUT2D eigenvalue weighted by atomic mass is 35.5. The Morgan fingerprint density at radius 1 is 1.03 bits per heavy atom. The lowest BCUT2D eigenvalue weighted by Crippen LogP contribution is -2.36. The van der Waals surface area contributed by atoms with Gasteiger partial charge < -0.3 is 9.84 Å². The number of sulfonamides is 1. The zero-order chi connectivity index (χ0) is 28.0. The molecule has 9 nitrogen and oxygen atoms in total. The van der Waals surface area contributed by atoms with E-state index in [1.807, 2.05) is 29.7 Å². The van der Waals surface area contributed by atoms with E-state index in [2.05, 4.69) is 10.2 Å². The molecule has 0 amide bonds. The first-order chi connectivity index (χ1) is 18.7. The van der Waals surface area contributed by atoms with E-state index in [0.717, 1.165) is 27.3 Å². The maximum Gasteiger partial charge on any atom is 0.326 e. The van der Waals surface area contributed by atoms with Crippen LogP contribution in [0.1, 0.15) is 31.9 Å². The fraction of sp³-hybridized carbons (Fsp3) is 0.296. The lowest BCUT2D eigenvalue weighted by Gasteiger charge is -2.24. The summed E-state index contributed by atoms with van der Waals surface area (Å²) in [6.07, 6.45) is 4.55. The molecule has 4 rings (SSSR count). The topological polar surface area (TPSA) is 115 Å². The van der Waals surface area contributed by atoms with Crippen LogP contribution in [0.25, 0.3) is 16.7 Å². The number of rotatable bonds is 12. The van der Waals surface area contributed by atoms with Crippen molar-refractivity contribution in [2.45, 2.75) is 37.5 Å². The molecule has 0 aliphatic heterocycles. The van der Waals surface area contributed by atoms with Crippen molar-refractivity contribution in [2.24, 2.45) is 0 Å². The molecule has 1 N–H and O–H groups in total. The molecule has 0 fully saturated rings. The van der Waals surface area contributed by atoms with Crippen molar-refractivity contribution in [1.29, 1.82) is 0 Å². The molecule has 0 spiro atoms. The van der Waals surface area contributed by atoms with E-state index < -0.39 is 22.5 Å². The lowest BCUT2D eigenvalue weighted by molar-refractivity contribution is -0.141. The molecule has 0 bridgehead atoms. The smallest absolute Gasteiger partial charge is 0.326 e. The predicted molar refractivity (Wildman–Crippen MR) is 151 cm³/mol. The van der Waals surface area contributed by atoms with E-state index in [4.69, 9.17) is 33.0 Å². The molecule has 4 aromatic rings. The van der Waals surface area contributed by atoms with E-state index in [1.165, 1.54) is 18.2 Å². The van der Waals surface area contributed by atoms with Crippen LogP contribution in [-0.4, -0.2) is 54.0 Å². The summed E-state index contributed by atoms with van der Waals surface area (Å²) in [6, 6.07) is 14.6. The summed E-state index contributed by atoms with van der Waals surface area (Å²) in [5, 5.41) is 18.6. The van der Waals surface area contributed by atoms with Crippen molar-refractivity contribution in [3.63, 3.8) is 0 Å². The number of aliphatic hydroxyl groups excluding tert-OH is 1. The molecule has 2 heterocycles. The van der Waals surface area contributed by atoms with E-state index in [1.54, 1.807) is 24.4 Å². The van der Waals surface area contributed by atoms with Crippen LogP contribution in [0.4, 0.5) is 5.69 Å². The zero-order valence-corrected chi connectivity index (χ0v) is 23.6. The van der Waals surface area contributed by atoms with Gasteiger partial charge in [0, 0.05) is 28.2 Å². The molecule has 12 heteroatoms. The summed E-state index contributed by atoms with van der Waals surface area (Å²) in [4.78, 5) is 12.5. The Hall–Kier alpha value is -3.18. The minimum Gasteiger partial charge on any atom is -0.464 e. The number of nitrogens with zero attached hydrogens (tertiary/aromatic N) is 4. The number of hydrogen-bond donors (Lipinski definition) is 1. The quantitative estimate of drug-likeness (QED) is 0.178. The Labute approximate surface area is 237 Å². The summed E-state index contributed by atoms with van der Waals surface area (Å²) in [5.74, 6) is -0.0857. The third-order valence-corrected chi connectivity index (χ3v) is 8.15. The number of halogens is 2. The molecule has 0 aliphatic carbocycles. The van der Waals surface area contributed by atoms with Gasteiger partial charge in [0.15, 0.2) is 5.82 Å². The highest BCUT2D eigenvalue weighted by Crippen LogP contribution is 2.31. The van der Waals surface area contributed by atoms with Crippen LogP contribution in [0.3, 0.4) is 0 Å². The van der Waals surface area contributed by atoms with Crippen molar-refractivity contribution in [3.05, 3.63) is 76.5 Å². The number of fused-ring (bicyclic) bond motifs is 1. The highest BCUT2D eigenvalue weighted by molar-refractivity contribution is 7.92. The molecule has 39 heavy (non-hydrogen) atoms. The van der Waals surface area contributed by atoms with Crippen molar-refractivity contribution < 1.29 is 23.1 Å². The van der Waals surface area contributed by atoms with E-state index in [9.17, 15) is 13.2 Å².